The second-order valence-electron chi connectivity index (χ2n) is 5.17. The normalized spacial score (nSPS) is 16.7. The summed E-state index contributed by atoms with van der Waals surface area (Å²) in [6.07, 6.45) is 4.18. The van der Waals surface area contributed by atoms with Crippen molar-refractivity contribution in [3.63, 3.8) is 0 Å². The Balaban J connectivity index is 1.99. The molecule has 0 radical (unpaired) electrons. The number of nitrogens with zero attached hydrogens (tertiary/aromatic N) is 4. The fourth-order valence-electron chi connectivity index (χ4n) is 2.76. The fraction of sp³-hybridized carbons (Fsp3) is 0.200. The van der Waals surface area contributed by atoms with E-state index in [0.717, 1.165) is 28.2 Å². The summed E-state index contributed by atoms with van der Waals surface area (Å²) in [5.41, 5.74) is 4.27. The van der Waals surface area contributed by atoms with Crippen molar-refractivity contribution < 1.29 is 0 Å². The monoisotopic (exact) mass is 313 g/mol. The molecule has 0 spiro atoms. The zero-order valence-corrected chi connectivity index (χ0v) is 13.5. The van der Waals surface area contributed by atoms with Gasteiger partial charge in [0.2, 0.25) is 23.0 Å². The lowest BCUT2D eigenvalue weighted by atomic mass is 10.2. The SMILES string of the molecule is CNc1nc(N2c3ccccc3N[S+]2C)c2c(ccn2C)n1. The van der Waals surface area contributed by atoms with Gasteiger partial charge in [0.05, 0.1) is 5.52 Å². The standard InChI is InChI=1S/C15H16N6S/c1-16-15-17-11-8-9-20(2)13(11)14(18-15)21-12-7-5-4-6-10(12)19-22(21)3/h4-9H,1-3H3,(H,16,17,18)/p+1. The van der Waals surface area contributed by atoms with Crippen molar-refractivity contribution in [2.75, 3.05) is 27.6 Å². The maximum Gasteiger partial charge on any atom is 0.225 e. The van der Waals surface area contributed by atoms with E-state index >= 15 is 0 Å². The van der Waals surface area contributed by atoms with E-state index < -0.39 is 0 Å². The van der Waals surface area contributed by atoms with Crippen LogP contribution in [0.15, 0.2) is 36.5 Å². The number of anilines is 4. The molecular weight excluding hydrogens is 296 g/mol. The predicted molar refractivity (Wildman–Crippen MR) is 93.5 cm³/mol. The van der Waals surface area contributed by atoms with Gasteiger partial charge in [0, 0.05) is 20.3 Å². The van der Waals surface area contributed by atoms with Gasteiger partial charge >= 0.3 is 0 Å². The van der Waals surface area contributed by atoms with Crippen molar-refractivity contribution in [1.29, 1.82) is 0 Å². The van der Waals surface area contributed by atoms with E-state index in [9.17, 15) is 0 Å². The van der Waals surface area contributed by atoms with Crippen molar-refractivity contribution >= 4 is 45.4 Å². The number of hydrogen-bond donors (Lipinski definition) is 2. The Bertz CT molecular complexity index is 858. The molecule has 112 valence electrons. The van der Waals surface area contributed by atoms with Gasteiger partial charge in [-0.25, -0.2) is 4.98 Å². The number of fused-ring (bicyclic) bond motifs is 2. The maximum atomic E-state index is 4.73. The highest BCUT2D eigenvalue weighted by Gasteiger charge is 2.39. The second kappa shape index (κ2) is 4.81. The third-order valence-electron chi connectivity index (χ3n) is 3.77. The second-order valence-corrected chi connectivity index (χ2v) is 6.70. The van der Waals surface area contributed by atoms with Crippen LogP contribution in [0, 0.1) is 0 Å². The molecule has 22 heavy (non-hydrogen) atoms. The van der Waals surface area contributed by atoms with Gasteiger partial charge in [-0.2, -0.15) is 9.71 Å². The third kappa shape index (κ3) is 1.82. The highest BCUT2D eigenvalue weighted by Crippen LogP contribution is 2.42. The van der Waals surface area contributed by atoms with E-state index in [2.05, 4.69) is 48.4 Å². The Kier molecular flexibility index (Phi) is 2.90. The quantitative estimate of drug-likeness (QED) is 0.712. The van der Waals surface area contributed by atoms with Crippen molar-refractivity contribution in [1.82, 2.24) is 14.5 Å². The van der Waals surface area contributed by atoms with Gasteiger partial charge in [-0.15, -0.1) is 4.31 Å². The van der Waals surface area contributed by atoms with Crippen molar-refractivity contribution in [3.05, 3.63) is 36.5 Å². The molecule has 6 nitrogen and oxygen atoms in total. The van der Waals surface area contributed by atoms with Crippen LogP contribution in [0.4, 0.5) is 23.1 Å². The Labute approximate surface area is 131 Å². The lowest BCUT2D eigenvalue weighted by molar-refractivity contribution is 0.962. The first-order chi connectivity index (χ1) is 10.7. The molecule has 4 rings (SSSR count). The first-order valence-corrected chi connectivity index (χ1v) is 8.60. The number of para-hydroxylation sites is 2. The van der Waals surface area contributed by atoms with Crippen LogP contribution in [0.3, 0.4) is 0 Å². The van der Waals surface area contributed by atoms with E-state index in [1.807, 2.05) is 32.4 Å². The van der Waals surface area contributed by atoms with Gasteiger partial charge < -0.3 is 9.88 Å². The van der Waals surface area contributed by atoms with Crippen LogP contribution in [0.5, 0.6) is 0 Å². The summed E-state index contributed by atoms with van der Waals surface area (Å²) in [7, 11) is 3.87. The van der Waals surface area contributed by atoms with E-state index in [1.54, 1.807) is 0 Å². The molecule has 0 saturated carbocycles. The molecule has 1 aliphatic heterocycles. The smallest absolute Gasteiger partial charge is 0.225 e. The number of aromatic nitrogens is 3. The Morgan fingerprint density at radius 2 is 2.00 bits per heavy atom. The van der Waals surface area contributed by atoms with Crippen LogP contribution in [-0.2, 0) is 18.3 Å². The molecule has 0 aliphatic carbocycles. The van der Waals surface area contributed by atoms with E-state index in [1.165, 1.54) is 0 Å². The summed E-state index contributed by atoms with van der Waals surface area (Å²) in [6, 6.07) is 10.3. The van der Waals surface area contributed by atoms with Gasteiger partial charge in [0.15, 0.2) is 6.26 Å². The zero-order chi connectivity index (χ0) is 15.3. The molecule has 0 fully saturated rings. The Morgan fingerprint density at radius 3 is 2.82 bits per heavy atom. The van der Waals surface area contributed by atoms with E-state index in [4.69, 9.17) is 4.98 Å². The van der Waals surface area contributed by atoms with Crippen LogP contribution in [-0.4, -0.2) is 27.8 Å². The molecule has 1 atom stereocenters. The van der Waals surface area contributed by atoms with E-state index in [0.29, 0.717) is 5.95 Å². The molecule has 3 heterocycles. The number of nitrogens with one attached hydrogen (secondary N) is 2. The van der Waals surface area contributed by atoms with Crippen molar-refractivity contribution in [3.8, 4) is 0 Å². The summed E-state index contributed by atoms with van der Waals surface area (Å²) in [4.78, 5) is 9.27. The number of benzene rings is 1. The molecular formula is C15H17N6S+. The number of hydrogen-bond acceptors (Lipinski definition) is 5. The van der Waals surface area contributed by atoms with Crippen LogP contribution >= 0.6 is 0 Å². The highest BCUT2D eigenvalue weighted by atomic mass is 32.2. The van der Waals surface area contributed by atoms with Crippen LogP contribution < -0.4 is 14.3 Å². The molecule has 0 saturated heterocycles. The fourth-order valence-corrected chi connectivity index (χ4v) is 4.18. The molecule has 1 aromatic carbocycles. The maximum absolute atomic E-state index is 4.73. The largest absolute Gasteiger partial charge is 0.357 e. The van der Waals surface area contributed by atoms with Crippen molar-refractivity contribution in [2.45, 2.75) is 0 Å². The van der Waals surface area contributed by atoms with Gasteiger partial charge in [-0.05, 0) is 18.2 Å². The molecule has 0 amide bonds. The average molecular weight is 313 g/mol. The lowest BCUT2D eigenvalue weighted by Gasteiger charge is -2.15. The lowest BCUT2D eigenvalue weighted by Crippen LogP contribution is -2.26. The summed E-state index contributed by atoms with van der Waals surface area (Å²) in [6.45, 7) is 0. The zero-order valence-electron chi connectivity index (χ0n) is 12.7. The minimum absolute atomic E-state index is 0.165. The summed E-state index contributed by atoms with van der Waals surface area (Å²) in [5.74, 6) is 1.56. The predicted octanol–water partition coefficient (Wildman–Crippen LogP) is 2.65. The van der Waals surface area contributed by atoms with Gasteiger partial charge in [0.1, 0.15) is 16.9 Å². The Morgan fingerprint density at radius 1 is 1.18 bits per heavy atom. The summed E-state index contributed by atoms with van der Waals surface area (Å²) >= 11 is -0.165. The molecule has 2 aromatic heterocycles. The average Bonchev–Trinajstić information content (AvgIpc) is 3.06. The summed E-state index contributed by atoms with van der Waals surface area (Å²) < 4.78 is 7.85. The first kappa shape index (κ1) is 13.3. The number of aryl methyl sites for hydroxylation is 1. The summed E-state index contributed by atoms with van der Waals surface area (Å²) in [5, 5.41) is 3.06. The van der Waals surface area contributed by atoms with Crippen molar-refractivity contribution in [2.24, 2.45) is 7.05 Å². The van der Waals surface area contributed by atoms with E-state index in [-0.39, 0.29) is 11.3 Å². The van der Waals surface area contributed by atoms with Crippen LogP contribution in [0.25, 0.3) is 11.0 Å². The molecule has 3 aromatic rings. The molecule has 1 aliphatic rings. The molecule has 1 unspecified atom stereocenters. The highest BCUT2D eigenvalue weighted by molar-refractivity contribution is 7.99. The molecule has 2 N–H and O–H groups in total. The van der Waals surface area contributed by atoms with Gasteiger partial charge in [-0.3, -0.25) is 0 Å². The van der Waals surface area contributed by atoms with Crippen LogP contribution in [0.2, 0.25) is 0 Å². The third-order valence-corrected chi connectivity index (χ3v) is 5.20. The topological polar surface area (TPSA) is 58.0 Å². The van der Waals surface area contributed by atoms with Crippen LogP contribution in [0.1, 0.15) is 0 Å². The first-order valence-electron chi connectivity index (χ1n) is 7.01. The van der Waals surface area contributed by atoms with Gasteiger partial charge in [0.25, 0.3) is 0 Å². The molecule has 0 bridgehead atoms. The molecule has 7 heteroatoms. The minimum atomic E-state index is -0.165. The van der Waals surface area contributed by atoms with Gasteiger partial charge in [-0.1, -0.05) is 12.1 Å². The Hall–Kier alpha value is -2.41. The number of rotatable bonds is 2. The minimum Gasteiger partial charge on any atom is -0.357 e.